The number of esters is 1. The Morgan fingerprint density at radius 3 is 2.62 bits per heavy atom. The number of nitriles is 1. The SMILES string of the molecule is CCCCOC(=O)c1ccccc1NC(=O)/C(C#N)=C\Nc1cc(C)ccc1C. The molecule has 0 bridgehead atoms. The van der Waals surface area contributed by atoms with Gasteiger partial charge in [-0.2, -0.15) is 5.26 Å². The molecule has 150 valence electrons. The fourth-order valence-corrected chi connectivity index (χ4v) is 2.54. The Morgan fingerprint density at radius 2 is 1.90 bits per heavy atom. The van der Waals surface area contributed by atoms with E-state index < -0.39 is 11.9 Å². The summed E-state index contributed by atoms with van der Waals surface area (Å²) < 4.78 is 5.23. The van der Waals surface area contributed by atoms with Gasteiger partial charge in [0.25, 0.3) is 5.91 Å². The van der Waals surface area contributed by atoms with Gasteiger partial charge < -0.3 is 15.4 Å². The average Bonchev–Trinajstić information content (AvgIpc) is 2.71. The number of unbranched alkanes of at least 4 members (excludes halogenated alkanes) is 1. The van der Waals surface area contributed by atoms with Crippen molar-refractivity contribution in [3.63, 3.8) is 0 Å². The van der Waals surface area contributed by atoms with Gasteiger partial charge >= 0.3 is 5.97 Å². The fraction of sp³-hybridized carbons (Fsp3) is 0.261. The van der Waals surface area contributed by atoms with E-state index in [4.69, 9.17) is 4.74 Å². The van der Waals surface area contributed by atoms with Crippen molar-refractivity contribution in [3.8, 4) is 6.07 Å². The lowest BCUT2D eigenvalue weighted by Gasteiger charge is -2.11. The van der Waals surface area contributed by atoms with Crippen LogP contribution in [0.15, 0.2) is 54.2 Å². The molecule has 0 fully saturated rings. The van der Waals surface area contributed by atoms with Crippen LogP contribution in [0.2, 0.25) is 0 Å². The molecule has 6 heteroatoms. The second-order valence-electron chi connectivity index (χ2n) is 6.62. The summed E-state index contributed by atoms with van der Waals surface area (Å²) in [5.74, 6) is -1.12. The lowest BCUT2D eigenvalue weighted by molar-refractivity contribution is -0.112. The summed E-state index contributed by atoms with van der Waals surface area (Å²) in [5.41, 5.74) is 3.30. The van der Waals surface area contributed by atoms with Gasteiger partial charge in [-0.3, -0.25) is 4.79 Å². The van der Waals surface area contributed by atoms with Crippen LogP contribution in [0, 0.1) is 25.2 Å². The minimum Gasteiger partial charge on any atom is -0.462 e. The number of amides is 1. The van der Waals surface area contributed by atoms with Gasteiger partial charge in [0.1, 0.15) is 11.6 Å². The number of carbonyl (C=O) groups excluding carboxylic acids is 2. The molecule has 0 saturated carbocycles. The van der Waals surface area contributed by atoms with Gasteiger partial charge in [-0.1, -0.05) is 37.6 Å². The first kappa shape index (κ1) is 21.7. The predicted octanol–water partition coefficient (Wildman–Crippen LogP) is 4.72. The zero-order valence-electron chi connectivity index (χ0n) is 16.9. The molecule has 0 atom stereocenters. The Kier molecular flexibility index (Phi) is 7.99. The largest absolute Gasteiger partial charge is 0.462 e. The first-order valence-electron chi connectivity index (χ1n) is 9.47. The third kappa shape index (κ3) is 6.22. The van der Waals surface area contributed by atoms with E-state index in [1.165, 1.54) is 6.20 Å². The standard InChI is InChI=1S/C23H25N3O3/c1-4-5-12-29-23(28)19-8-6-7-9-20(19)26-22(27)18(14-24)15-25-21-13-16(2)10-11-17(21)3/h6-11,13,15,25H,4-5,12H2,1-3H3,(H,26,27)/b18-15-. The lowest BCUT2D eigenvalue weighted by Crippen LogP contribution is -2.18. The summed E-state index contributed by atoms with van der Waals surface area (Å²) in [4.78, 5) is 24.8. The third-order valence-electron chi connectivity index (χ3n) is 4.26. The van der Waals surface area contributed by atoms with Gasteiger partial charge in [0, 0.05) is 11.9 Å². The van der Waals surface area contributed by atoms with Crippen LogP contribution in [-0.2, 0) is 9.53 Å². The van der Waals surface area contributed by atoms with Crippen molar-refractivity contribution in [2.45, 2.75) is 33.6 Å². The van der Waals surface area contributed by atoms with Crippen LogP contribution in [0.4, 0.5) is 11.4 Å². The summed E-state index contributed by atoms with van der Waals surface area (Å²) in [6.45, 7) is 6.22. The van der Waals surface area contributed by atoms with Gasteiger partial charge in [0.2, 0.25) is 0 Å². The van der Waals surface area contributed by atoms with Crippen molar-refractivity contribution < 1.29 is 14.3 Å². The second kappa shape index (κ2) is 10.7. The molecule has 0 spiro atoms. The molecule has 0 unspecified atom stereocenters. The Bertz CT molecular complexity index is 958. The summed E-state index contributed by atoms with van der Waals surface area (Å²) in [5, 5.41) is 15.0. The summed E-state index contributed by atoms with van der Waals surface area (Å²) in [6, 6.07) is 14.3. The van der Waals surface area contributed by atoms with E-state index in [1.807, 2.05) is 45.0 Å². The quantitative estimate of drug-likeness (QED) is 0.294. The van der Waals surface area contributed by atoms with Crippen molar-refractivity contribution in [1.29, 1.82) is 5.26 Å². The number of hydrogen-bond acceptors (Lipinski definition) is 5. The first-order valence-corrected chi connectivity index (χ1v) is 9.47. The number of benzene rings is 2. The zero-order valence-corrected chi connectivity index (χ0v) is 16.9. The third-order valence-corrected chi connectivity index (χ3v) is 4.26. The highest BCUT2D eigenvalue weighted by atomic mass is 16.5. The maximum atomic E-state index is 12.6. The average molecular weight is 391 g/mol. The molecule has 6 nitrogen and oxygen atoms in total. The molecule has 2 N–H and O–H groups in total. The van der Waals surface area contributed by atoms with Gasteiger partial charge in [0.15, 0.2) is 0 Å². The smallest absolute Gasteiger partial charge is 0.340 e. The lowest BCUT2D eigenvalue weighted by atomic mass is 10.1. The number of carbonyl (C=O) groups is 2. The predicted molar refractivity (Wildman–Crippen MR) is 113 cm³/mol. The van der Waals surface area contributed by atoms with E-state index >= 15 is 0 Å². The van der Waals surface area contributed by atoms with Crippen molar-refractivity contribution in [2.24, 2.45) is 0 Å². The zero-order chi connectivity index (χ0) is 21.2. The number of rotatable bonds is 8. The molecule has 2 aromatic carbocycles. The number of nitrogens with zero attached hydrogens (tertiary/aromatic N) is 1. The molecule has 0 heterocycles. The highest BCUT2D eigenvalue weighted by Crippen LogP contribution is 2.19. The Labute approximate surface area is 171 Å². The molecule has 1 amide bonds. The molecular formula is C23H25N3O3. The molecule has 0 aromatic heterocycles. The van der Waals surface area contributed by atoms with E-state index in [-0.39, 0.29) is 11.1 Å². The highest BCUT2D eigenvalue weighted by Gasteiger charge is 2.16. The number of hydrogen-bond donors (Lipinski definition) is 2. The van der Waals surface area contributed by atoms with E-state index in [1.54, 1.807) is 24.3 Å². The summed E-state index contributed by atoms with van der Waals surface area (Å²) in [6.07, 6.45) is 3.04. The highest BCUT2D eigenvalue weighted by molar-refractivity contribution is 6.09. The number of ether oxygens (including phenoxy) is 1. The molecule has 2 aromatic rings. The second-order valence-corrected chi connectivity index (χ2v) is 6.62. The Morgan fingerprint density at radius 1 is 1.14 bits per heavy atom. The van der Waals surface area contributed by atoms with Crippen LogP contribution >= 0.6 is 0 Å². The summed E-state index contributed by atoms with van der Waals surface area (Å²) >= 11 is 0. The van der Waals surface area contributed by atoms with E-state index in [2.05, 4.69) is 10.6 Å². The van der Waals surface area contributed by atoms with Crippen molar-refractivity contribution in [3.05, 3.63) is 70.9 Å². The van der Waals surface area contributed by atoms with Crippen LogP contribution in [0.5, 0.6) is 0 Å². The Balaban J connectivity index is 2.14. The molecular weight excluding hydrogens is 366 g/mol. The van der Waals surface area contributed by atoms with Gasteiger partial charge in [-0.15, -0.1) is 0 Å². The molecule has 0 saturated heterocycles. The number of para-hydroxylation sites is 1. The van der Waals surface area contributed by atoms with Crippen LogP contribution in [0.3, 0.4) is 0 Å². The molecule has 0 aliphatic rings. The topological polar surface area (TPSA) is 91.2 Å². The van der Waals surface area contributed by atoms with Crippen molar-refractivity contribution in [1.82, 2.24) is 0 Å². The minimum atomic E-state index is -0.612. The Hall–Kier alpha value is -3.59. The van der Waals surface area contributed by atoms with Crippen LogP contribution in [0.1, 0.15) is 41.3 Å². The molecule has 0 aliphatic heterocycles. The molecule has 2 rings (SSSR count). The molecule has 0 aliphatic carbocycles. The monoisotopic (exact) mass is 391 g/mol. The number of nitrogens with one attached hydrogen (secondary N) is 2. The van der Waals surface area contributed by atoms with E-state index in [0.717, 1.165) is 29.7 Å². The van der Waals surface area contributed by atoms with E-state index in [0.29, 0.717) is 12.3 Å². The van der Waals surface area contributed by atoms with Gasteiger partial charge in [-0.25, -0.2) is 4.79 Å². The fourth-order valence-electron chi connectivity index (χ4n) is 2.54. The van der Waals surface area contributed by atoms with Crippen LogP contribution in [-0.4, -0.2) is 18.5 Å². The first-order chi connectivity index (χ1) is 14.0. The number of anilines is 2. The minimum absolute atomic E-state index is 0.111. The summed E-state index contributed by atoms with van der Waals surface area (Å²) in [7, 11) is 0. The maximum absolute atomic E-state index is 12.6. The van der Waals surface area contributed by atoms with E-state index in [9.17, 15) is 14.9 Å². The molecule has 0 radical (unpaired) electrons. The maximum Gasteiger partial charge on any atom is 0.340 e. The van der Waals surface area contributed by atoms with Crippen LogP contribution in [0.25, 0.3) is 0 Å². The van der Waals surface area contributed by atoms with Crippen LogP contribution < -0.4 is 10.6 Å². The van der Waals surface area contributed by atoms with Gasteiger partial charge in [-0.05, 0) is 49.6 Å². The molecule has 29 heavy (non-hydrogen) atoms. The van der Waals surface area contributed by atoms with Crippen molar-refractivity contribution >= 4 is 23.3 Å². The van der Waals surface area contributed by atoms with Crippen molar-refractivity contribution in [2.75, 3.05) is 17.2 Å². The number of aryl methyl sites for hydroxylation is 2. The normalized spacial score (nSPS) is 10.8. The van der Waals surface area contributed by atoms with Gasteiger partial charge in [0.05, 0.1) is 17.9 Å².